The van der Waals surface area contributed by atoms with Gasteiger partial charge in [-0.05, 0) is 19.1 Å². The number of para-hydroxylation sites is 1. The number of piperazine rings is 1. The molecule has 2 amide bonds. The van der Waals surface area contributed by atoms with Gasteiger partial charge in [-0.25, -0.2) is 0 Å². The number of nitrogens with zero attached hydrogens (tertiary/aromatic N) is 2. The third-order valence-electron chi connectivity index (χ3n) is 3.62. The van der Waals surface area contributed by atoms with Gasteiger partial charge in [0.05, 0.1) is 11.1 Å². The third kappa shape index (κ3) is 2.01. The maximum atomic E-state index is 12.7. The summed E-state index contributed by atoms with van der Waals surface area (Å²) in [6.07, 6.45) is 1.67. The molecule has 20 heavy (non-hydrogen) atoms. The summed E-state index contributed by atoms with van der Waals surface area (Å²) in [7, 11) is 0. The second kappa shape index (κ2) is 4.92. The highest BCUT2D eigenvalue weighted by Gasteiger charge is 2.30. The van der Waals surface area contributed by atoms with Crippen molar-refractivity contribution in [1.82, 2.24) is 15.2 Å². The highest BCUT2D eigenvalue weighted by molar-refractivity contribution is 6.06. The summed E-state index contributed by atoms with van der Waals surface area (Å²) in [6, 6.07) is 8.84. The Labute approximate surface area is 116 Å². The summed E-state index contributed by atoms with van der Waals surface area (Å²) < 4.78 is 0. The van der Waals surface area contributed by atoms with E-state index in [0.717, 1.165) is 5.39 Å². The van der Waals surface area contributed by atoms with E-state index in [9.17, 15) is 9.59 Å². The highest BCUT2D eigenvalue weighted by Crippen LogP contribution is 2.19. The second-order valence-corrected chi connectivity index (χ2v) is 4.85. The van der Waals surface area contributed by atoms with Gasteiger partial charge in [-0.2, -0.15) is 0 Å². The van der Waals surface area contributed by atoms with Crippen LogP contribution in [0.3, 0.4) is 0 Å². The van der Waals surface area contributed by atoms with Gasteiger partial charge in [-0.15, -0.1) is 0 Å². The molecule has 0 radical (unpaired) electrons. The molecule has 1 atom stereocenters. The zero-order valence-electron chi connectivity index (χ0n) is 11.2. The van der Waals surface area contributed by atoms with Gasteiger partial charge >= 0.3 is 0 Å². The normalized spacial score (nSPS) is 18.9. The first-order valence-electron chi connectivity index (χ1n) is 6.61. The molecular weight excluding hydrogens is 254 g/mol. The maximum Gasteiger partial charge on any atom is 0.256 e. The number of nitrogens with one attached hydrogen (secondary N) is 1. The van der Waals surface area contributed by atoms with E-state index in [1.165, 1.54) is 0 Å². The average molecular weight is 269 g/mol. The largest absolute Gasteiger partial charge is 0.353 e. The van der Waals surface area contributed by atoms with Crippen molar-refractivity contribution in [1.29, 1.82) is 0 Å². The lowest BCUT2D eigenvalue weighted by molar-refractivity contribution is -0.127. The molecule has 0 saturated carbocycles. The first-order valence-corrected chi connectivity index (χ1v) is 6.61. The second-order valence-electron chi connectivity index (χ2n) is 4.85. The van der Waals surface area contributed by atoms with E-state index in [0.29, 0.717) is 24.2 Å². The number of hydrogen-bond acceptors (Lipinski definition) is 3. The van der Waals surface area contributed by atoms with E-state index in [1.54, 1.807) is 24.1 Å². The molecule has 5 nitrogen and oxygen atoms in total. The number of fused-ring (bicyclic) bond motifs is 1. The average Bonchev–Trinajstić information content (AvgIpc) is 2.49. The van der Waals surface area contributed by atoms with E-state index in [1.807, 2.05) is 24.3 Å². The number of carbonyl (C=O) groups excluding carboxylic acids is 2. The van der Waals surface area contributed by atoms with Crippen LogP contribution in [0.15, 0.2) is 36.5 Å². The summed E-state index contributed by atoms with van der Waals surface area (Å²) >= 11 is 0. The molecule has 1 aliphatic rings. The van der Waals surface area contributed by atoms with E-state index >= 15 is 0 Å². The molecule has 2 aromatic rings. The Kier molecular flexibility index (Phi) is 3.10. The summed E-state index contributed by atoms with van der Waals surface area (Å²) in [4.78, 5) is 30.3. The first kappa shape index (κ1) is 12.6. The van der Waals surface area contributed by atoms with Crippen molar-refractivity contribution in [2.75, 3.05) is 13.1 Å². The number of hydrogen-bond donors (Lipinski definition) is 1. The van der Waals surface area contributed by atoms with Crippen LogP contribution in [-0.2, 0) is 4.79 Å². The number of benzene rings is 1. The molecule has 1 saturated heterocycles. The standard InChI is InChI=1S/C15H15N3O2/c1-10-14(19)17-8-9-18(10)15(20)12-6-2-4-11-5-3-7-16-13(11)12/h2-7,10H,8-9H2,1H3,(H,17,19). The van der Waals surface area contributed by atoms with Crippen LogP contribution in [0.5, 0.6) is 0 Å². The maximum absolute atomic E-state index is 12.7. The summed E-state index contributed by atoms with van der Waals surface area (Å²) in [6.45, 7) is 2.76. The van der Waals surface area contributed by atoms with Crippen LogP contribution >= 0.6 is 0 Å². The van der Waals surface area contributed by atoms with Crippen molar-refractivity contribution in [3.05, 3.63) is 42.1 Å². The van der Waals surface area contributed by atoms with Crippen molar-refractivity contribution in [2.45, 2.75) is 13.0 Å². The third-order valence-corrected chi connectivity index (χ3v) is 3.62. The van der Waals surface area contributed by atoms with Gasteiger partial charge in [0.15, 0.2) is 0 Å². The number of amides is 2. The molecule has 1 N–H and O–H groups in total. The minimum absolute atomic E-state index is 0.113. The molecule has 1 fully saturated rings. The van der Waals surface area contributed by atoms with Crippen LogP contribution in [0.1, 0.15) is 17.3 Å². The summed E-state index contributed by atoms with van der Waals surface area (Å²) in [5.41, 5.74) is 1.22. The van der Waals surface area contributed by atoms with Crippen LogP contribution in [0, 0.1) is 0 Å². The Morgan fingerprint density at radius 1 is 1.35 bits per heavy atom. The number of aromatic nitrogens is 1. The monoisotopic (exact) mass is 269 g/mol. The molecule has 3 rings (SSSR count). The Morgan fingerprint density at radius 2 is 2.15 bits per heavy atom. The molecular formula is C15H15N3O2. The fraction of sp³-hybridized carbons (Fsp3) is 0.267. The molecule has 5 heteroatoms. The summed E-state index contributed by atoms with van der Waals surface area (Å²) in [5.74, 6) is -0.255. The molecule has 1 aromatic carbocycles. The minimum Gasteiger partial charge on any atom is -0.353 e. The van der Waals surface area contributed by atoms with E-state index < -0.39 is 6.04 Å². The fourth-order valence-electron chi connectivity index (χ4n) is 2.49. The van der Waals surface area contributed by atoms with E-state index in [-0.39, 0.29) is 11.8 Å². The quantitative estimate of drug-likeness (QED) is 0.846. The zero-order valence-corrected chi connectivity index (χ0v) is 11.2. The van der Waals surface area contributed by atoms with Crippen molar-refractivity contribution < 1.29 is 9.59 Å². The van der Waals surface area contributed by atoms with Gasteiger partial charge in [-0.1, -0.05) is 18.2 Å². The Morgan fingerprint density at radius 3 is 3.00 bits per heavy atom. The van der Waals surface area contributed by atoms with Crippen LogP contribution < -0.4 is 5.32 Å². The van der Waals surface area contributed by atoms with Crippen LogP contribution in [0.25, 0.3) is 10.9 Å². The van der Waals surface area contributed by atoms with E-state index in [4.69, 9.17) is 0 Å². The molecule has 2 heterocycles. The Balaban J connectivity index is 2.02. The van der Waals surface area contributed by atoms with Crippen molar-refractivity contribution >= 4 is 22.7 Å². The fourth-order valence-corrected chi connectivity index (χ4v) is 2.49. The molecule has 1 unspecified atom stereocenters. The van der Waals surface area contributed by atoms with Gasteiger partial charge in [-0.3, -0.25) is 14.6 Å². The predicted molar refractivity (Wildman–Crippen MR) is 75.3 cm³/mol. The van der Waals surface area contributed by atoms with Crippen molar-refractivity contribution in [2.24, 2.45) is 0 Å². The Bertz CT molecular complexity index is 678. The predicted octanol–water partition coefficient (Wildman–Crippen LogP) is 1.20. The lowest BCUT2D eigenvalue weighted by Gasteiger charge is -2.33. The van der Waals surface area contributed by atoms with Gasteiger partial charge in [0.25, 0.3) is 5.91 Å². The summed E-state index contributed by atoms with van der Waals surface area (Å²) in [5, 5.41) is 3.68. The van der Waals surface area contributed by atoms with Gasteiger partial charge in [0.1, 0.15) is 6.04 Å². The zero-order chi connectivity index (χ0) is 14.1. The van der Waals surface area contributed by atoms with Crippen LogP contribution in [0.4, 0.5) is 0 Å². The van der Waals surface area contributed by atoms with Crippen molar-refractivity contribution in [3.8, 4) is 0 Å². The first-order chi connectivity index (χ1) is 9.68. The molecule has 0 aliphatic carbocycles. The number of rotatable bonds is 1. The Hall–Kier alpha value is -2.43. The topological polar surface area (TPSA) is 62.3 Å². The minimum atomic E-state index is -0.449. The molecule has 102 valence electrons. The van der Waals surface area contributed by atoms with Gasteiger partial charge in [0, 0.05) is 24.7 Å². The van der Waals surface area contributed by atoms with Crippen LogP contribution in [-0.4, -0.2) is 40.8 Å². The molecule has 1 aromatic heterocycles. The number of pyridine rings is 1. The molecule has 1 aliphatic heterocycles. The van der Waals surface area contributed by atoms with Gasteiger partial charge < -0.3 is 10.2 Å². The lowest BCUT2D eigenvalue weighted by Crippen LogP contribution is -2.55. The van der Waals surface area contributed by atoms with Gasteiger partial charge in [0.2, 0.25) is 5.91 Å². The van der Waals surface area contributed by atoms with Crippen molar-refractivity contribution in [3.63, 3.8) is 0 Å². The smallest absolute Gasteiger partial charge is 0.256 e. The van der Waals surface area contributed by atoms with Crippen LogP contribution in [0.2, 0.25) is 0 Å². The number of carbonyl (C=O) groups is 2. The highest BCUT2D eigenvalue weighted by atomic mass is 16.2. The molecule has 0 spiro atoms. The van der Waals surface area contributed by atoms with E-state index in [2.05, 4.69) is 10.3 Å². The SMILES string of the molecule is CC1C(=O)NCCN1C(=O)c1cccc2cccnc12. The lowest BCUT2D eigenvalue weighted by atomic mass is 10.1. The molecule has 0 bridgehead atoms.